The van der Waals surface area contributed by atoms with Gasteiger partial charge < -0.3 is 25.4 Å². The van der Waals surface area contributed by atoms with Crippen LogP contribution in [0.25, 0.3) is 11.3 Å². The highest BCUT2D eigenvalue weighted by Gasteiger charge is 2.36. The first-order valence-corrected chi connectivity index (χ1v) is 13.7. The van der Waals surface area contributed by atoms with Gasteiger partial charge in [-0.15, -0.1) is 10.2 Å². The van der Waals surface area contributed by atoms with Crippen molar-refractivity contribution in [2.45, 2.75) is 44.3 Å². The van der Waals surface area contributed by atoms with Crippen LogP contribution in [-0.4, -0.2) is 87.7 Å². The van der Waals surface area contributed by atoms with Gasteiger partial charge in [0.25, 0.3) is 0 Å². The molecule has 3 aliphatic heterocycles. The van der Waals surface area contributed by atoms with E-state index in [9.17, 15) is 5.11 Å². The van der Waals surface area contributed by atoms with Crippen LogP contribution in [0.15, 0.2) is 42.6 Å². The Morgan fingerprint density at radius 2 is 1.87 bits per heavy atom. The molecule has 10 heteroatoms. The Kier molecular flexibility index (Phi) is 7.18. The SMILES string of the molecule is C[C@H]1CCN(c2cc(-c3ccccc3O)nnc2N)CCN1c1ccnc(C#CCN2[C@@H]3CC[C@H]2COC3)n1. The maximum Gasteiger partial charge on any atom is 0.206 e. The molecule has 2 aromatic heterocycles. The molecule has 3 N–H and O–H groups in total. The second-order valence-corrected chi connectivity index (χ2v) is 10.5. The topological polar surface area (TPSA) is 117 Å². The molecule has 3 aliphatic rings. The Labute approximate surface area is 228 Å². The van der Waals surface area contributed by atoms with Gasteiger partial charge in [-0.25, -0.2) is 9.97 Å². The molecule has 3 fully saturated rings. The summed E-state index contributed by atoms with van der Waals surface area (Å²) in [5, 5.41) is 18.7. The number of phenols is 1. The van der Waals surface area contributed by atoms with Crippen molar-refractivity contribution in [2.75, 3.05) is 54.9 Å². The van der Waals surface area contributed by atoms with E-state index in [4.69, 9.17) is 15.5 Å². The van der Waals surface area contributed by atoms with Gasteiger partial charge in [0, 0.05) is 49.5 Å². The maximum absolute atomic E-state index is 10.3. The molecule has 1 aromatic carbocycles. The number of nitrogen functional groups attached to an aromatic ring is 1. The van der Waals surface area contributed by atoms with Gasteiger partial charge in [-0.2, -0.15) is 0 Å². The van der Waals surface area contributed by atoms with Crippen LogP contribution in [0, 0.1) is 11.8 Å². The van der Waals surface area contributed by atoms with Crippen LogP contribution in [0.4, 0.5) is 17.3 Å². The Morgan fingerprint density at radius 3 is 2.69 bits per heavy atom. The van der Waals surface area contributed by atoms with Crippen molar-refractivity contribution in [1.82, 2.24) is 25.1 Å². The monoisotopic (exact) mass is 526 g/mol. The number of para-hydroxylation sites is 1. The van der Waals surface area contributed by atoms with Gasteiger partial charge in [-0.05, 0) is 56.4 Å². The number of phenolic OH excluding ortho intramolecular Hbond substituents is 1. The predicted molar refractivity (Wildman–Crippen MR) is 150 cm³/mol. The number of hydrogen-bond donors (Lipinski definition) is 2. The fourth-order valence-electron chi connectivity index (χ4n) is 5.86. The van der Waals surface area contributed by atoms with Crippen LogP contribution in [0.1, 0.15) is 32.0 Å². The van der Waals surface area contributed by atoms with E-state index in [1.807, 2.05) is 24.3 Å². The Bertz CT molecular complexity index is 1370. The molecule has 39 heavy (non-hydrogen) atoms. The summed E-state index contributed by atoms with van der Waals surface area (Å²) < 4.78 is 5.68. The molecule has 0 aliphatic carbocycles. The second kappa shape index (κ2) is 11.0. The summed E-state index contributed by atoms with van der Waals surface area (Å²) in [7, 11) is 0. The van der Waals surface area contributed by atoms with E-state index in [2.05, 4.69) is 48.6 Å². The van der Waals surface area contributed by atoms with E-state index in [1.54, 1.807) is 18.3 Å². The number of aromatic nitrogens is 4. The Morgan fingerprint density at radius 1 is 1.05 bits per heavy atom. The van der Waals surface area contributed by atoms with E-state index in [-0.39, 0.29) is 11.8 Å². The minimum absolute atomic E-state index is 0.165. The standard InChI is InChI=1S/C29H34N8O2/c1-20-11-14-35(25-17-24(33-34-29(25)30)23-5-2-3-6-26(23)38)15-16-36(20)28-10-12-31-27(32-28)7-4-13-37-21-8-9-22(37)19-39-18-21/h2-3,5-6,10,12,17,20-22,38H,8-9,11,13-16,18-19H2,1H3,(H2,30,34)/t20-,21-,22+/m0/s1. The highest BCUT2D eigenvalue weighted by atomic mass is 16.5. The fourth-order valence-corrected chi connectivity index (χ4v) is 5.86. The Balaban J connectivity index is 1.16. The molecule has 3 aromatic rings. The van der Waals surface area contributed by atoms with Gasteiger partial charge in [0.05, 0.1) is 31.1 Å². The first kappa shape index (κ1) is 25.3. The fraction of sp³-hybridized carbons (Fsp3) is 0.448. The predicted octanol–water partition coefficient (Wildman–Crippen LogP) is 2.54. The van der Waals surface area contributed by atoms with Crippen molar-refractivity contribution in [2.24, 2.45) is 0 Å². The summed E-state index contributed by atoms with van der Waals surface area (Å²) in [5.41, 5.74) is 8.32. The maximum atomic E-state index is 10.3. The highest BCUT2D eigenvalue weighted by molar-refractivity contribution is 5.74. The number of hydrogen-bond acceptors (Lipinski definition) is 10. The van der Waals surface area contributed by atoms with E-state index >= 15 is 0 Å². The molecule has 0 amide bonds. The van der Waals surface area contributed by atoms with Crippen molar-refractivity contribution in [3.8, 4) is 28.8 Å². The van der Waals surface area contributed by atoms with Gasteiger partial charge in [0.15, 0.2) is 5.82 Å². The van der Waals surface area contributed by atoms with E-state index in [0.717, 1.165) is 57.3 Å². The molecule has 202 valence electrons. The molecular formula is C29H34N8O2. The van der Waals surface area contributed by atoms with Crippen LogP contribution in [0.2, 0.25) is 0 Å². The molecule has 10 nitrogen and oxygen atoms in total. The zero-order valence-corrected chi connectivity index (χ0v) is 22.2. The number of nitrogens with two attached hydrogens (primary N) is 1. The summed E-state index contributed by atoms with van der Waals surface area (Å²) in [6.45, 7) is 6.88. The first-order chi connectivity index (χ1) is 19.1. The highest BCUT2D eigenvalue weighted by Crippen LogP contribution is 2.32. The summed E-state index contributed by atoms with van der Waals surface area (Å²) in [6, 6.07) is 12.2. The zero-order valence-electron chi connectivity index (χ0n) is 22.2. The van der Waals surface area contributed by atoms with Crippen LogP contribution >= 0.6 is 0 Å². The number of anilines is 3. The number of aromatic hydroxyl groups is 1. The quantitative estimate of drug-likeness (QED) is 0.491. The van der Waals surface area contributed by atoms with Crippen molar-refractivity contribution < 1.29 is 9.84 Å². The molecule has 2 bridgehead atoms. The van der Waals surface area contributed by atoms with Crippen molar-refractivity contribution >= 4 is 17.3 Å². The average molecular weight is 527 g/mol. The van der Waals surface area contributed by atoms with Gasteiger partial charge in [-0.3, -0.25) is 4.90 Å². The van der Waals surface area contributed by atoms with Crippen LogP contribution < -0.4 is 15.5 Å². The molecule has 3 atom stereocenters. The van der Waals surface area contributed by atoms with Gasteiger partial charge in [0.1, 0.15) is 11.6 Å². The average Bonchev–Trinajstić information content (AvgIpc) is 3.09. The largest absolute Gasteiger partial charge is 0.507 e. The minimum atomic E-state index is 0.165. The first-order valence-electron chi connectivity index (χ1n) is 13.7. The number of nitrogens with zero attached hydrogens (tertiary/aromatic N) is 7. The molecule has 5 heterocycles. The van der Waals surface area contributed by atoms with Crippen molar-refractivity contribution in [3.63, 3.8) is 0 Å². The normalized spacial score (nSPS) is 23.3. The number of fused-ring (bicyclic) bond motifs is 2. The second-order valence-electron chi connectivity index (χ2n) is 10.5. The summed E-state index contributed by atoms with van der Waals surface area (Å²) >= 11 is 0. The van der Waals surface area contributed by atoms with E-state index in [0.29, 0.717) is 35.0 Å². The van der Waals surface area contributed by atoms with Crippen molar-refractivity contribution in [3.05, 3.63) is 48.4 Å². The lowest BCUT2D eigenvalue weighted by Crippen LogP contribution is -2.45. The van der Waals surface area contributed by atoms with E-state index < -0.39 is 0 Å². The lowest BCUT2D eigenvalue weighted by atomic mass is 10.1. The lowest BCUT2D eigenvalue weighted by Gasteiger charge is -2.32. The molecule has 0 radical (unpaired) electrons. The van der Waals surface area contributed by atoms with E-state index in [1.165, 1.54) is 12.8 Å². The summed E-state index contributed by atoms with van der Waals surface area (Å²) in [4.78, 5) is 16.2. The number of morpholine rings is 1. The third-order valence-corrected chi connectivity index (χ3v) is 8.07. The zero-order chi connectivity index (χ0) is 26.8. The molecule has 3 saturated heterocycles. The van der Waals surface area contributed by atoms with Crippen molar-refractivity contribution in [1.29, 1.82) is 0 Å². The molecular weight excluding hydrogens is 492 g/mol. The van der Waals surface area contributed by atoms with Crippen LogP contribution in [0.3, 0.4) is 0 Å². The lowest BCUT2D eigenvalue weighted by molar-refractivity contribution is -0.00743. The van der Waals surface area contributed by atoms with Crippen LogP contribution in [0.5, 0.6) is 5.75 Å². The third-order valence-electron chi connectivity index (χ3n) is 8.07. The smallest absolute Gasteiger partial charge is 0.206 e. The molecule has 0 saturated carbocycles. The summed E-state index contributed by atoms with van der Waals surface area (Å²) in [5.74, 6) is 8.48. The molecule has 0 spiro atoms. The van der Waals surface area contributed by atoms with Gasteiger partial charge >= 0.3 is 0 Å². The number of benzene rings is 1. The Hall–Kier alpha value is -3.94. The van der Waals surface area contributed by atoms with Gasteiger partial charge in [0.2, 0.25) is 5.82 Å². The summed E-state index contributed by atoms with van der Waals surface area (Å²) in [6.07, 6.45) is 5.10. The third kappa shape index (κ3) is 5.33. The minimum Gasteiger partial charge on any atom is -0.507 e. The van der Waals surface area contributed by atoms with Crippen LogP contribution in [-0.2, 0) is 4.74 Å². The molecule has 0 unspecified atom stereocenters. The van der Waals surface area contributed by atoms with Gasteiger partial charge in [-0.1, -0.05) is 18.1 Å². The number of rotatable bonds is 4. The molecule has 6 rings (SSSR count). The number of ether oxygens (including phenoxy) is 1.